The fraction of sp³-hybridized carbons (Fsp3) is 0.533. The van der Waals surface area contributed by atoms with Crippen LogP contribution < -0.4 is 5.73 Å². The molecular weight excluding hydrogens is 320 g/mol. The topological polar surface area (TPSA) is 55.6 Å². The number of amides is 1. The quantitative estimate of drug-likeness (QED) is 0.851. The highest BCUT2D eigenvalue weighted by molar-refractivity contribution is 9.10. The minimum atomic E-state index is -0.494. The van der Waals surface area contributed by atoms with Crippen LogP contribution in [0.1, 0.15) is 38.8 Å². The molecule has 0 radical (unpaired) electrons. The molecule has 1 amide bonds. The van der Waals surface area contributed by atoms with Crippen LogP contribution in [0.3, 0.4) is 0 Å². The first-order valence-corrected chi connectivity index (χ1v) is 7.58. The Bertz CT molecular complexity index is 499. The Morgan fingerprint density at radius 3 is 2.75 bits per heavy atom. The van der Waals surface area contributed by atoms with Crippen LogP contribution in [0.15, 0.2) is 28.7 Å². The first kappa shape index (κ1) is 15.3. The molecule has 0 spiro atoms. The third kappa shape index (κ3) is 3.52. The summed E-state index contributed by atoms with van der Waals surface area (Å²) >= 11 is 3.46. The number of benzene rings is 1. The van der Waals surface area contributed by atoms with Crippen molar-refractivity contribution >= 4 is 22.0 Å². The van der Waals surface area contributed by atoms with Crippen molar-refractivity contribution in [1.29, 1.82) is 0 Å². The maximum absolute atomic E-state index is 12.3. The molecule has 1 fully saturated rings. The van der Waals surface area contributed by atoms with Crippen LogP contribution in [0.5, 0.6) is 0 Å². The zero-order valence-corrected chi connectivity index (χ0v) is 13.7. The van der Waals surface area contributed by atoms with Crippen LogP contribution >= 0.6 is 15.9 Å². The van der Waals surface area contributed by atoms with Gasteiger partial charge in [0.2, 0.25) is 0 Å². The molecular formula is C15H21BrN2O2. The Morgan fingerprint density at radius 1 is 1.45 bits per heavy atom. The smallest absolute Gasteiger partial charge is 0.410 e. The van der Waals surface area contributed by atoms with Crippen molar-refractivity contribution in [3.05, 3.63) is 34.3 Å². The summed E-state index contributed by atoms with van der Waals surface area (Å²) in [5.74, 6) is 0. The van der Waals surface area contributed by atoms with Gasteiger partial charge in [0.05, 0.1) is 6.04 Å². The van der Waals surface area contributed by atoms with Gasteiger partial charge in [0, 0.05) is 17.1 Å². The molecule has 5 heteroatoms. The van der Waals surface area contributed by atoms with E-state index in [0.29, 0.717) is 6.54 Å². The van der Waals surface area contributed by atoms with E-state index in [4.69, 9.17) is 10.5 Å². The number of carbonyl (C=O) groups is 1. The van der Waals surface area contributed by atoms with Crippen LogP contribution in [-0.2, 0) is 4.74 Å². The van der Waals surface area contributed by atoms with Crippen LogP contribution in [0.4, 0.5) is 4.79 Å². The molecule has 0 bridgehead atoms. The lowest BCUT2D eigenvalue weighted by atomic mass is 10.0. The van der Waals surface area contributed by atoms with E-state index in [0.717, 1.165) is 16.5 Å². The van der Waals surface area contributed by atoms with Crippen molar-refractivity contribution < 1.29 is 9.53 Å². The minimum absolute atomic E-state index is 0.0585. The van der Waals surface area contributed by atoms with Gasteiger partial charge >= 0.3 is 6.09 Å². The minimum Gasteiger partial charge on any atom is -0.444 e. The van der Waals surface area contributed by atoms with Crippen LogP contribution in [-0.4, -0.2) is 29.2 Å². The van der Waals surface area contributed by atoms with Crippen LogP contribution in [0.25, 0.3) is 0 Å². The van der Waals surface area contributed by atoms with E-state index in [9.17, 15) is 4.79 Å². The maximum atomic E-state index is 12.3. The molecule has 1 aliphatic heterocycles. The molecule has 2 rings (SSSR count). The number of hydrogen-bond acceptors (Lipinski definition) is 3. The Morgan fingerprint density at radius 2 is 2.15 bits per heavy atom. The van der Waals surface area contributed by atoms with Gasteiger partial charge in [-0.05, 0) is 44.9 Å². The summed E-state index contributed by atoms with van der Waals surface area (Å²) in [7, 11) is 0. The van der Waals surface area contributed by atoms with E-state index >= 15 is 0 Å². The summed E-state index contributed by atoms with van der Waals surface area (Å²) in [6.45, 7) is 6.24. The largest absolute Gasteiger partial charge is 0.444 e. The Hall–Kier alpha value is -1.07. The summed E-state index contributed by atoms with van der Waals surface area (Å²) < 4.78 is 6.46. The molecule has 1 aromatic carbocycles. The second-order valence-electron chi connectivity index (χ2n) is 6.13. The number of carbonyl (C=O) groups excluding carboxylic acids is 1. The van der Waals surface area contributed by atoms with E-state index in [-0.39, 0.29) is 18.2 Å². The van der Waals surface area contributed by atoms with E-state index in [1.54, 1.807) is 4.90 Å². The average Bonchev–Trinajstić information content (AvgIpc) is 2.69. The SMILES string of the molecule is CC(C)(C)OC(=O)N1CC[C@H](N)[C@H]1c1cccc(Br)c1. The van der Waals surface area contributed by atoms with Gasteiger partial charge in [0.15, 0.2) is 0 Å². The van der Waals surface area contributed by atoms with Gasteiger partial charge in [-0.25, -0.2) is 4.79 Å². The van der Waals surface area contributed by atoms with Gasteiger partial charge in [-0.3, -0.25) is 4.90 Å². The molecule has 0 aromatic heterocycles. The first-order chi connectivity index (χ1) is 9.28. The summed E-state index contributed by atoms with van der Waals surface area (Å²) in [6, 6.07) is 7.74. The van der Waals surface area contributed by atoms with Crippen molar-refractivity contribution in [3.63, 3.8) is 0 Å². The molecule has 1 saturated heterocycles. The standard InChI is InChI=1S/C15H21BrN2O2/c1-15(2,3)20-14(19)18-8-7-12(17)13(18)10-5-4-6-11(16)9-10/h4-6,9,12-13H,7-8,17H2,1-3H3/t12-,13+/m0/s1. The number of hydrogen-bond donors (Lipinski definition) is 1. The van der Waals surface area contributed by atoms with Gasteiger partial charge in [0.25, 0.3) is 0 Å². The molecule has 0 saturated carbocycles. The highest BCUT2D eigenvalue weighted by Gasteiger charge is 2.38. The molecule has 4 nitrogen and oxygen atoms in total. The second kappa shape index (κ2) is 5.74. The van der Waals surface area contributed by atoms with Crippen molar-refractivity contribution in [2.45, 2.75) is 44.9 Å². The predicted molar refractivity (Wildman–Crippen MR) is 82.4 cm³/mol. The van der Waals surface area contributed by atoms with Crippen LogP contribution in [0, 0.1) is 0 Å². The molecule has 110 valence electrons. The molecule has 2 atom stereocenters. The summed E-state index contributed by atoms with van der Waals surface area (Å²) in [6.07, 6.45) is 0.492. The van der Waals surface area contributed by atoms with E-state index in [1.165, 1.54) is 0 Å². The molecule has 1 aliphatic rings. The van der Waals surface area contributed by atoms with Gasteiger partial charge in [-0.1, -0.05) is 28.1 Å². The van der Waals surface area contributed by atoms with Crippen molar-refractivity contribution in [3.8, 4) is 0 Å². The van der Waals surface area contributed by atoms with Crippen molar-refractivity contribution in [2.75, 3.05) is 6.54 Å². The lowest BCUT2D eigenvalue weighted by Gasteiger charge is -2.30. The van der Waals surface area contributed by atoms with Gasteiger partial charge in [-0.15, -0.1) is 0 Å². The second-order valence-corrected chi connectivity index (χ2v) is 7.04. The fourth-order valence-electron chi connectivity index (χ4n) is 2.46. The zero-order valence-electron chi connectivity index (χ0n) is 12.1. The number of nitrogens with zero attached hydrogens (tertiary/aromatic N) is 1. The lowest BCUT2D eigenvalue weighted by Crippen LogP contribution is -2.39. The van der Waals surface area contributed by atoms with E-state index in [2.05, 4.69) is 15.9 Å². The molecule has 1 aromatic rings. The van der Waals surface area contributed by atoms with Gasteiger partial charge < -0.3 is 10.5 Å². The highest BCUT2D eigenvalue weighted by atomic mass is 79.9. The molecule has 1 heterocycles. The van der Waals surface area contributed by atoms with E-state index in [1.807, 2.05) is 45.0 Å². The Labute approximate surface area is 128 Å². The number of rotatable bonds is 1. The molecule has 20 heavy (non-hydrogen) atoms. The summed E-state index contributed by atoms with van der Waals surface area (Å²) in [5.41, 5.74) is 6.73. The Balaban J connectivity index is 2.23. The van der Waals surface area contributed by atoms with Crippen molar-refractivity contribution in [1.82, 2.24) is 4.90 Å². The van der Waals surface area contributed by atoms with E-state index < -0.39 is 5.60 Å². The van der Waals surface area contributed by atoms with Gasteiger partial charge in [0.1, 0.15) is 5.60 Å². The number of ether oxygens (including phenoxy) is 1. The third-order valence-corrected chi connectivity index (χ3v) is 3.76. The maximum Gasteiger partial charge on any atom is 0.410 e. The van der Waals surface area contributed by atoms with Gasteiger partial charge in [-0.2, -0.15) is 0 Å². The molecule has 0 aliphatic carbocycles. The predicted octanol–water partition coefficient (Wildman–Crippen LogP) is 3.46. The number of nitrogens with two attached hydrogens (primary N) is 1. The Kier molecular flexibility index (Phi) is 4.39. The zero-order chi connectivity index (χ0) is 14.9. The first-order valence-electron chi connectivity index (χ1n) is 6.78. The summed E-state index contributed by atoms with van der Waals surface area (Å²) in [5, 5.41) is 0. The normalized spacial score (nSPS) is 22.9. The molecule has 0 unspecified atom stereocenters. The summed E-state index contributed by atoms with van der Waals surface area (Å²) in [4.78, 5) is 14.0. The third-order valence-electron chi connectivity index (χ3n) is 3.26. The fourth-order valence-corrected chi connectivity index (χ4v) is 2.88. The lowest BCUT2D eigenvalue weighted by molar-refractivity contribution is 0.0218. The average molecular weight is 341 g/mol. The van der Waals surface area contributed by atoms with Crippen molar-refractivity contribution in [2.24, 2.45) is 5.73 Å². The number of likely N-dealkylation sites (tertiary alicyclic amines) is 1. The van der Waals surface area contributed by atoms with Crippen LogP contribution in [0.2, 0.25) is 0 Å². The monoisotopic (exact) mass is 340 g/mol. The highest BCUT2D eigenvalue weighted by Crippen LogP contribution is 2.33. The molecule has 2 N–H and O–H groups in total. The number of halogens is 1.